The standard InChI is InChI=1S/C28H56O/c1-6-11-16-21-26(22-17-12-7-2)27(29)28(23-18-13-8-3,24-19-14-9-4)25-20-15-10-5/h26H,6-25H2,1-5H3. The van der Waals surface area contributed by atoms with Gasteiger partial charge in [-0.1, -0.05) is 131 Å². The summed E-state index contributed by atoms with van der Waals surface area (Å²) in [5, 5.41) is 0. The number of carbonyl (C=O) groups is 1. The first-order valence-corrected chi connectivity index (χ1v) is 13.7. The molecule has 0 aromatic heterocycles. The van der Waals surface area contributed by atoms with Crippen LogP contribution in [0.5, 0.6) is 0 Å². The minimum absolute atomic E-state index is 0.0113. The highest BCUT2D eigenvalue weighted by atomic mass is 16.1. The summed E-state index contributed by atoms with van der Waals surface area (Å²) < 4.78 is 0. The average Bonchev–Trinajstić information content (AvgIpc) is 2.72. The van der Waals surface area contributed by atoms with Crippen LogP contribution in [0, 0.1) is 11.3 Å². The topological polar surface area (TPSA) is 17.1 Å². The van der Waals surface area contributed by atoms with Gasteiger partial charge in [0.25, 0.3) is 0 Å². The van der Waals surface area contributed by atoms with Crippen LogP contribution in [0.1, 0.15) is 163 Å². The number of rotatable bonds is 22. The number of hydrogen-bond donors (Lipinski definition) is 0. The van der Waals surface area contributed by atoms with Crippen LogP contribution in [-0.4, -0.2) is 5.78 Å². The Hall–Kier alpha value is -0.330. The molecular weight excluding hydrogens is 352 g/mol. The average molecular weight is 409 g/mol. The molecule has 0 atom stereocenters. The van der Waals surface area contributed by atoms with Crippen molar-refractivity contribution in [3.05, 3.63) is 0 Å². The van der Waals surface area contributed by atoms with E-state index in [1.54, 1.807) is 0 Å². The first kappa shape index (κ1) is 28.7. The van der Waals surface area contributed by atoms with Gasteiger partial charge in [-0.05, 0) is 32.1 Å². The fourth-order valence-corrected chi connectivity index (χ4v) is 5.01. The molecule has 0 amide bonds. The molecule has 1 heteroatoms. The molecule has 0 spiro atoms. The molecule has 0 saturated heterocycles. The van der Waals surface area contributed by atoms with Gasteiger partial charge in [0, 0.05) is 11.3 Å². The highest BCUT2D eigenvalue weighted by Gasteiger charge is 2.39. The van der Waals surface area contributed by atoms with Gasteiger partial charge in [-0.15, -0.1) is 0 Å². The summed E-state index contributed by atoms with van der Waals surface area (Å²) in [6.45, 7) is 11.4. The third-order valence-electron chi connectivity index (χ3n) is 6.98. The minimum Gasteiger partial charge on any atom is -0.299 e. The number of Topliss-reactive ketones (excluding diaryl/α,β-unsaturated/α-hetero) is 1. The van der Waals surface area contributed by atoms with Crippen molar-refractivity contribution in [3.63, 3.8) is 0 Å². The van der Waals surface area contributed by atoms with Crippen molar-refractivity contribution in [2.24, 2.45) is 11.3 Å². The first-order valence-electron chi connectivity index (χ1n) is 13.7. The van der Waals surface area contributed by atoms with Crippen molar-refractivity contribution in [2.75, 3.05) is 0 Å². The monoisotopic (exact) mass is 408 g/mol. The molecule has 0 rings (SSSR count). The molecule has 0 aliphatic rings. The summed E-state index contributed by atoms with van der Waals surface area (Å²) in [5.74, 6) is 1.02. The van der Waals surface area contributed by atoms with Gasteiger partial charge in [0.2, 0.25) is 0 Å². The summed E-state index contributed by atoms with van der Waals surface area (Å²) in [4.78, 5) is 14.1. The second-order valence-corrected chi connectivity index (χ2v) is 9.70. The zero-order valence-electron chi connectivity index (χ0n) is 21.1. The van der Waals surface area contributed by atoms with Gasteiger partial charge >= 0.3 is 0 Å². The van der Waals surface area contributed by atoms with Crippen molar-refractivity contribution in [3.8, 4) is 0 Å². The Morgan fingerprint density at radius 2 is 0.828 bits per heavy atom. The Morgan fingerprint density at radius 3 is 1.14 bits per heavy atom. The van der Waals surface area contributed by atoms with Gasteiger partial charge in [-0.2, -0.15) is 0 Å². The second kappa shape index (κ2) is 19.6. The van der Waals surface area contributed by atoms with E-state index in [4.69, 9.17) is 0 Å². The van der Waals surface area contributed by atoms with Crippen LogP contribution in [-0.2, 0) is 4.79 Å². The fourth-order valence-electron chi connectivity index (χ4n) is 5.01. The van der Waals surface area contributed by atoms with Crippen LogP contribution >= 0.6 is 0 Å². The van der Waals surface area contributed by atoms with E-state index in [0.29, 0.717) is 11.7 Å². The lowest BCUT2D eigenvalue weighted by atomic mass is 9.66. The molecule has 0 aromatic rings. The van der Waals surface area contributed by atoms with Crippen LogP contribution < -0.4 is 0 Å². The van der Waals surface area contributed by atoms with Crippen molar-refractivity contribution >= 4 is 5.78 Å². The summed E-state index contributed by atoms with van der Waals surface area (Å²) in [7, 11) is 0. The predicted octanol–water partition coefficient (Wildman–Crippen LogP) is 10.1. The molecular formula is C28H56O. The van der Waals surface area contributed by atoms with Gasteiger partial charge in [-0.25, -0.2) is 0 Å². The molecule has 0 aliphatic carbocycles. The van der Waals surface area contributed by atoms with E-state index in [2.05, 4.69) is 34.6 Å². The van der Waals surface area contributed by atoms with E-state index in [0.717, 1.165) is 32.1 Å². The SMILES string of the molecule is CCCCCC(CCCCC)C(=O)C(CCCCC)(CCCCC)CCCCC. The van der Waals surface area contributed by atoms with Gasteiger partial charge in [0.15, 0.2) is 0 Å². The minimum atomic E-state index is -0.0113. The molecule has 0 heterocycles. The lowest BCUT2D eigenvalue weighted by Gasteiger charge is -2.36. The van der Waals surface area contributed by atoms with Crippen LogP contribution in [0.4, 0.5) is 0 Å². The zero-order chi connectivity index (χ0) is 21.8. The van der Waals surface area contributed by atoms with Gasteiger partial charge < -0.3 is 0 Å². The first-order chi connectivity index (χ1) is 14.1. The molecule has 0 radical (unpaired) electrons. The molecule has 0 bridgehead atoms. The maximum absolute atomic E-state index is 14.1. The summed E-state index contributed by atoms with van der Waals surface area (Å²) in [6, 6.07) is 0. The maximum atomic E-state index is 14.1. The van der Waals surface area contributed by atoms with Crippen molar-refractivity contribution in [1.82, 2.24) is 0 Å². The van der Waals surface area contributed by atoms with E-state index in [9.17, 15) is 4.79 Å². The highest BCUT2D eigenvalue weighted by Crippen LogP contribution is 2.42. The molecule has 0 saturated carbocycles. The van der Waals surface area contributed by atoms with E-state index >= 15 is 0 Å². The van der Waals surface area contributed by atoms with Crippen LogP contribution in [0.2, 0.25) is 0 Å². The maximum Gasteiger partial charge on any atom is 0.142 e. The van der Waals surface area contributed by atoms with Gasteiger partial charge in [0.1, 0.15) is 5.78 Å². The van der Waals surface area contributed by atoms with Crippen LogP contribution in [0.25, 0.3) is 0 Å². The molecule has 0 aromatic carbocycles. The normalized spacial score (nSPS) is 12.1. The van der Waals surface area contributed by atoms with Crippen molar-refractivity contribution in [1.29, 1.82) is 0 Å². The summed E-state index contributed by atoms with van der Waals surface area (Å²) in [6.07, 6.45) is 24.7. The van der Waals surface area contributed by atoms with E-state index < -0.39 is 0 Å². The largest absolute Gasteiger partial charge is 0.299 e. The number of hydrogen-bond acceptors (Lipinski definition) is 1. The molecule has 0 aliphatic heterocycles. The Morgan fingerprint density at radius 1 is 0.517 bits per heavy atom. The summed E-state index contributed by atoms with van der Waals surface area (Å²) >= 11 is 0. The van der Waals surface area contributed by atoms with Crippen molar-refractivity contribution < 1.29 is 4.79 Å². The van der Waals surface area contributed by atoms with E-state index in [-0.39, 0.29) is 5.41 Å². The van der Waals surface area contributed by atoms with Crippen LogP contribution in [0.15, 0.2) is 0 Å². The zero-order valence-corrected chi connectivity index (χ0v) is 21.1. The molecule has 174 valence electrons. The van der Waals surface area contributed by atoms with E-state index in [1.165, 1.54) is 96.3 Å². The molecule has 0 unspecified atom stereocenters. The quantitative estimate of drug-likeness (QED) is 0.163. The Balaban J connectivity index is 5.48. The number of ketones is 1. The third-order valence-corrected chi connectivity index (χ3v) is 6.98. The smallest absolute Gasteiger partial charge is 0.142 e. The molecule has 0 N–H and O–H groups in total. The molecule has 29 heavy (non-hydrogen) atoms. The molecule has 0 fully saturated rings. The lowest BCUT2D eigenvalue weighted by Crippen LogP contribution is -2.37. The van der Waals surface area contributed by atoms with E-state index in [1.807, 2.05) is 0 Å². The third kappa shape index (κ3) is 12.8. The fraction of sp³-hybridized carbons (Fsp3) is 0.964. The summed E-state index contributed by atoms with van der Waals surface area (Å²) in [5.41, 5.74) is -0.0113. The Bertz CT molecular complexity index is 323. The lowest BCUT2D eigenvalue weighted by molar-refractivity contribution is -0.135. The van der Waals surface area contributed by atoms with Gasteiger partial charge in [-0.3, -0.25) is 4.79 Å². The Labute approximate surface area is 185 Å². The van der Waals surface area contributed by atoms with Crippen molar-refractivity contribution in [2.45, 2.75) is 163 Å². The molecule has 1 nitrogen and oxygen atoms in total. The highest BCUT2D eigenvalue weighted by molar-refractivity contribution is 5.87. The van der Waals surface area contributed by atoms with Crippen LogP contribution in [0.3, 0.4) is 0 Å². The van der Waals surface area contributed by atoms with Gasteiger partial charge in [0.05, 0.1) is 0 Å². The number of carbonyl (C=O) groups excluding carboxylic acids is 1. The Kier molecular flexibility index (Phi) is 19.4. The second-order valence-electron chi connectivity index (χ2n) is 9.70. The predicted molar refractivity (Wildman–Crippen MR) is 132 cm³/mol. The number of unbranched alkanes of at least 4 members (excludes halogenated alkanes) is 10.